The molecule has 112 valence electrons. The maximum atomic E-state index is 5.53. The Bertz CT molecular complexity index is 459. The molecule has 0 saturated carbocycles. The summed E-state index contributed by atoms with van der Waals surface area (Å²) in [5.74, 6) is 2.95. The standard InChI is InChI=1S/C15H22BrNO3/c1-18-12-9-13(19-2)15(20-3)14(16)11(12)8-10-4-6-17-7-5-10/h9-10,17H,4-8H2,1-3H3. The highest BCUT2D eigenvalue weighted by Crippen LogP contribution is 2.44. The van der Waals surface area contributed by atoms with Crippen molar-refractivity contribution in [1.29, 1.82) is 0 Å². The third-order valence-corrected chi connectivity index (χ3v) is 4.68. The Hall–Kier alpha value is -0.940. The molecule has 1 aliphatic rings. The van der Waals surface area contributed by atoms with Gasteiger partial charge in [0.25, 0.3) is 0 Å². The maximum absolute atomic E-state index is 5.53. The summed E-state index contributed by atoms with van der Waals surface area (Å²) >= 11 is 3.65. The molecule has 1 aromatic rings. The van der Waals surface area contributed by atoms with Crippen molar-refractivity contribution in [2.45, 2.75) is 19.3 Å². The van der Waals surface area contributed by atoms with Gasteiger partial charge in [-0.1, -0.05) is 0 Å². The number of piperidine rings is 1. The van der Waals surface area contributed by atoms with E-state index in [4.69, 9.17) is 14.2 Å². The third-order valence-electron chi connectivity index (χ3n) is 3.84. The topological polar surface area (TPSA) is 39.7 Å². The first-order chi connectivity index (χ1) is 9.71. The number of halogens is 1. The van der Waals surface area contributed by atoms with Gasteiger partial charge in [-0.15, -0.1) is 0 Å². The third kappa shape index (κ3) is 3.20. The van der Waals surface area contributed by atoms with E-state index in [9.17, 15) is 0 Å². The Balaban J connectivity index is 2.34. The Morgan fingerprint density at radius 1 is 1.10 bits per heavy atom. The molecular weight excluding hydrogens is 322 g/mol. The van der Waals surface area contributed by atoms with Crippen LogP contribution in [0.3, 0.4) is 0 Å². The van der Waals surface area contributed by atoms with Crippen molar-refractivity contribution in [2.75, 3.05) is 34.4 Å². The summed E-state index contributed by atoms with van der Waals surface area (Å²) in [7, 11) is 4.99. The number of methoxy groups -OCH3 is 3. The highest BCUT2D eigenvalue weighted by Gasteiger charge is 2.22. The molecule has 1 aliphatic heterocycles. The molecule has 5 heteroatoms. The van der Waals surface area contributed by atoms with E-state index in [1.807, 2.05) is 6.07 Å². The fourth-order valence-corrected chi connectivity index (χ4v) is 3.43. The molecule has 0 amide bonds. The fraction of sp³-hybridized carbons (Fsp3) is 0.600. The smallest absolute Gasteiger partial charge is 0.175 e. The Kier molecular flexibility index (Phi) is 5.54. The minimum Gasteiger partial charge on any atom is -0.496 e. The molecule has 20 heavy (non-hydrogen) atoms. The lowest BCUT2D eigenvalue weighted by atomic mass is 9.90. The molecule has 4 nitrogen and oxygen atoms in total. The van der Waals surface area contributed by atoms with Crippen LogP contribution in [0.4, 0.5) is 0 Å². The molecule has 0 unspecified atom stereocenters. The van der Waals surface area contributed by atoms with Gasteiger partial charge in [0.2, 0.25) is 0 Å². The highest BCUT2D eigenvalue weighted by molar-refractivity contribution is 9.10. The first kappa shape index (κ1) is 15.4. The second kappa shape index (κ2) is 7.18. The van der Waals surface area contributed by atoms with Gasteiger partial charge < -0.3 is 19.5 Å². The summed E-state index contributed by atoms with van der Waals surface area (Å²) < 4.78 is 17.3. The van der Waals surface area contributed by atoms with E-state index in [2.05, 4.69) is 21.2 Å². The number of nitrogens with one attached hydrogen (secondary N) is 1. The highest BCUT2D eigenvalue weighted by atomic mass is 79.9. The van der Waals surface area contributed by atoms with Crippen molar-refractivity contribution in [3.63, 3.8) is 0 Å². The lowest BCUT2D eigenvalue weighted by Gasteiger charge is -2.25. The van der Waals surface area contributed by atoms with Crippen LogP contribution in [0.1, 0.15) is 18.4 Å². The summed E-state index contributed by atoms with van der Waals surface area (Å²) in [4.78, 5) is 0. The first-order valence-electron chi connectivity index (χ1n) is 6.89. The van der Waals surface area contributed by atoms with E-state index >= 15 is 0 Å². The van der Waals surface area contributed by atoms with E-state index in [1.54, 1.807) is 21.3 Å². The Morgan fingerprint density at radius 2 is 1.75 bits per heavy atom. The van der Waals surface area contributed by atoms with Crippen LogP contribution >= 0.6 is 15.9 Å². The van der Waals surface area contributed by atoms with E-state index < -0.39 is 0 Å². The fourth-order valence-electron chi connectivity index (χ4n) is 2.71. The van der Waals surface area contributed by atoms with Gasteiger partial charge in [-0.05, 0) is 54.2 Å². The largest absolute Gasteiger partial charge is 0.496 e. The molecule has 1 heterocycles. The van der Waals surface area contributed by atoms with Gasteiger partial charge in [0.1, 0.15) is 5.75 Å². The van der Waals surface area contributed by atoms with Gasteiger partial charge >= 0.3 is 0 Å². The van der Waals surface area contributed by atoms with Crippen LogP contribution in [-0.4, -0.2) is 34.4 Å². The van der Waals surface area contributed by atoms with Crippen LogP contribution in [-0.2, 0) is 6.42 Å². The molecule has 1 fully saturated rings. The van der Waals surface area contributed by atoms with Crippen LogP contribution in [0.15, 0.2) is 10.5 Å². The predicted molar refractivity (Wildman–Crippen MR) is 83.1 cm³/mol. The minimum atomic E-state index is 0.680. The summed E-state index contributed by atoms with van der Waals surface area (Å²) in [6.07, 6.45) is 3.39. The number of hydrogen-bond acceptors (Lipinski definition) is 4. The molecule has 0 aliphatic carbocycles. The number of hydrogen-bond donors (Lipinski definition) is 1. The SMILES string of the molecule is COc1cc(OC)c(OC)c(Br)c1CC1CCNCC1. The maximum Gasteiger partial charge on any atom is 0.175 e. The Morgan fingerprint density at radius 3 is 2.30 bits per heavy atom. The first-order valence-corrected chi connectivity index (χ1v) is 7.68. The van der Waals surface area contributed by atoms with Crippen molar-refractivity contribution in [1.82, 2.24) is 5.32 Å². The summed E-state index contributed by atoms with van der Waals surface area (Å²) in [6, 6.07) is 1.90. The summed E-state index contributed by atoms with van der Waals surface area (Å²) in [5.41, 5.74) is 1.16. The van der Waals surface area contributed by atoms with Crippen LogP contribution in [0.2, 0.25) is 0 Å². The van der Waals surface area contributed by atoms with E-state index in [-0.39, 0.29) is 0 Å². The lowest BCUT2D eigenvalue weighted by Crippen LogP contribution is -2.28. The number of benzene rings is 1. The Labute approximate surface area is 128 Å². The van der Waals surface area contributed by atoms with Gasteiger partial charge in [-0.25, -0.2) is 0 Å². The molecule has 2 rings (SSSR count). The molecule has 0 atom stereocenters. The molecule has 0 bridgehead atoms. The molecule has 1 aromatic carbocycles. The van der Waals surface area contributed by atoms with Crippen LogP contribution in [0.25, 0.3) is 0 Å². The van der Waals surface area contributed by atoms with Crippen molar-refractivity contribution in [2.24, 2.45) is 5.92 Å². The zero-order chi connectivity index (χ0) is 14.5. The minimum absolute atomic E-state index is 0.680. The average molecular weight is 344 g/mol. The van der Waals surface area contributed by atoms with Crippen molar-refractivity contribution >= 4 is 15.9 Å². The molecule has 0 aromatic heterocycles. The molecule has 1 N–H and O–H groups in total. The average Bonchev–Trinajstić information content (AvgIpc) is 2.49. The predicted octanol–water partition coefficient (Wildman–Crippen LogP) is 3.02. The number of ether oxygens (including phenoxy) is 3. The lowest BCUT2D eigenvalue weighted by molar-refractivity contribution is 0.338. The van der Waals surface area contributed by atoms with Crippen LogP contribution < -0.4 is 19.5 Å². The van der Waals surface area contributed by atoms with Gasteiger partial charge in [0.15, 0.2) is 11.5 Å². The zero-order valence-electron chi connectivity index (χ0n) is 12.3. The van der Waals surface area contributed by atoms with Crippen molar-refractivity contribution in [3.8, 4) is 17.2 Å². The van der Waals surface area contributed by atoms with Gasteiger partial charge in [0.05, 0.1) is 25.8 Å². The monoisotopic (exact) mass is 343 g/mol. The van der Waals surface area contributed by atoms with E-state index in [1.165, 1.54) is 12.8 Å². The van der Waals surface area contributed by atoms with Crippen LogP contribution in [0, 0.1) is 5.92 Å². The van der Waals surface area contributed by atoms with Gasteiger partial charge in [-0.3, -0.25) is 0 Å². The molecule has 0 radical (unpaired) electrons. The normalized spacial score (nSPS) is 16.0. The van der Waals surface area contributed by atoms with Crippen LogP contribution in [0.5, 0.6) is 17.2 Å². The summed E-state index contributed by atoms with van der Waals surface area (Å²) in [5, 5.41) is 3.40. The molecular formula is C15H22BrNO3. The van der Waals surface area contributed by atoms with Gasteiger partial charge in [0, 0.05) is 11.6 Å². The van der Waals surface area contributed by atoms with Gasteiger partial charge in [-0.2, -0.15) is 0 Å². The second-order valence-corrected chi connectivity index (χ2v) is 5.80. The second-order valence-electron chi connectivity index (χ2n) is 5.00. The quantitative estimate of drug-likeness (QED) is 0.891. The van der Waals surface area contributed by atoms with Crippen molar-refractivity contribution < 1.29 is 14.2 Å². The van der Waals surface area contributed by atoms with E-state index in [0.29, 0.717) is 11.7 Å². The summed E-state index contributed by atoms with van der Waals surface area (Å²) in [6.45, 7) is 2.19. The zero-order valence-corrected chi connectivity index (χ0v) is 13.9. The van der Waals surface area contributed by atoms with E-state index in [0.717, 1.165) is 41.0 Å². The van der Waals surface area contributed by atoms with Crippen molar-refractivity contribution in [3.05, 3.63) is 16.1 Å². The molecule has 1 saturated heterocycles. The number of rotatable bonds is 5. The molecule has 0 spiro atoms.